The largest absolute Gasteiger partial charge is 0.349 e. The van der Waals surface area contributed by atoms with Crippen molar-refractivity contribution in [3.05, 3.63) is 69.4 Å². The Hall–Kier alpha value is -3.03. The van der Waals surface area contributed by atoms with E-state index >= 15 is 0 Å². The summed E-state index contributed by atoms with van der Waals surface area (Å²) in [5.41, 5.74) is 3.49. The van der Waals surface area contributed by atoms with Crippen LogP contribution in [0.2, 0.25) is 0 Å². The molecule has 2 N–H and O–H groups in total. The third kappa shape index (κ3) is 5.20. The van der Waals surface area contributed by atoms with Crippen molar-refractivity contribution >= 4 is 16.7 Å². The minimum atomic E-state index is -0.395. The minimum absolute atomic E-state index is 0.0337. The number of carbonyl (C=O) groups excluding carboxylic acids is 1. The van der Waals surface area contributed by atoms with Gasteiger partial charge in [0.1, 0.15) is 5.82 Å². The Kier molecular flexibility index (Phi) is 6.37. The maximum Gasteiger partial charge on any atom is 0.258 e. The Bertz CT molecular complexity index is 1420. The molecule has 7 heteroatoms. The highest BCUT2D eigenvalue weighted by Gasteiger charge is 2.26. The zero-order valence-electron chi connectivity index (χ0n) is 21.6. The Morgan fingerprint density at radius 3 is 2.68 bits per heavy atom. The van der Waals surface area contributed by atoms with Crippen molar-refractivity contribution < 1.29 is 9.18 Å². The molecule has 194 valence electrons. The maximum absolute atomic E-state index is 15.0. The summed E-state index contributed by atoms with van der Waals surface area (Å²) in [7, 11) is 0. The smallest absolute Gasteiger partial charge is 0.258 e. The zero-order valence-corrected chi connectivity index (χ0v) is 21.6. The molecular formula is C30H35FN4O2. The molecule has 37 heavy (non-hydrogen) atoms. The molecule has 0 radical (unpaired) electrons. The summed E-state index contributed by atoms with van der Waals surface area (Å²) in [6, 6.07) is 9.52. The number of hydrogen-bond donors (Lipinski definition) is 2. The summed E-state index contributed by atoms with van der Waals surface area (Å²) < 4.78 is 16.9. The first-order valence-electron chi connectivity index (χ1n) is 13.6. The van der Waals surface area contributed by atoms with Gasteiger partial charge in [0.25, 0.3) is 11.5 Å². The van der Waals surface area contributed by atoms with Crippen LogP contribution in [-0.2, 0) is 13.1 Å². The van der Waals surface area contributed by atoms with Gasteiger partial charge in [0.2, 0.25) is 0 Å². The molecule has 1 amide bonds. The van der Waals surface area contributed by atoms with Crippen LogP contribution in [0.15, 0.2) is 41.3 Å². The van der Waals surface area contributed by atoms with Crippen LogP contribution in [0.5, 0.6) is 0 Å². The number of pyridine rings is 1. The van der Waals surface area contributed by atoms with Crippen LogP contribution < -0.4 is 16.2 Å². The zero-order chi connectivity index (χ0) is 25.7. The summed E-state index contributed by atoms with van der Waals surface area (Å²) in [5, 5.41) is 8.06. The van der Waals surface area contributed by atoms with Crippen molar-refractivity contribution in [2.45, 2.75) is 64.7 Å². The first kappa shape index (κ1) is 24.3. The number of carbonyl (C=O) groups is 1. The van der Waals surface area contributed by atoms with Crippen molar-refractivity contribution in [1.29, 1.82) is 0 Å². The molecule has 0 bridgehead atoms. The van der Waals surface area contributed by atoms with E-state index in [-0.39, 0.29) is 17.5 Å². The van der Waals surface area contributed by atoms with Crippen molar-refractivity contribution in [2.24, 2.45) is 5.92 Å². The van der Waals surface area contributed by atoms with Crippen LogP contribution in [-0.4, -0.2) is 47.1 Å². The number of nitrogens with one attached hydrogen (secondary N) is 2. The first-order chi connectivity index (χ1) is 17.9. The molecule has 3 aromatic rings. The average Bonchev–Trinajstić information content (AvgIpc) is 3.81. The summed E-state index contributed by atoms with van der Waals surface area (Å²) in [6.45, 7) is 8.31. The van der Waals surface area contributed by atoms with Crippen LogP contribution in [0.1, 0.15) is 54.1 Å². The summed E-state index contributed by atoms with van der Waals surface area (Å²) in [6.07, 6.45) is 6.37. The van der Waals surface area contributed by atoms with E-state index in [1.807, 2.05) is 29.0 Å². The Balaban J connectivity index is 1.43. The number of aromatic nitrogens is 1. The molecule has 2 saturated carbocycles. The van der Waals surface area contributed by atoms with Gasteiger partial charge in [-0.1, -0.05) is 6.07 Å². The van der Waals surface area contributed by atoms with Gasteiger partial charge in [-0.05, 0) is 97.4 Å². The second kappa shape index (κ2) is 9.69. The van der Waals surface area contributed by atoms with Crippen molar-refractivity contribution in [3.63, 3.8) is 0 Å². The topological polar surface area (TPSA) is 66.4 Å². The molecular weight excluding hydrogens is 467 g/mol. The van der Waals surface area contributed by atoms with Crippen LogP contribution in [0.25, 0.3) is 21.9 Å². The van der Waals surface area contributed by atoms with Crippen LogP contribution in [0, 0.1) is 18.7 Å². The van der Waals surface area contributed by atoms with E-state index < -0.39 is 5.82 Å². The Labute approximate surface area is 216 Å². The lowest BCUT2D eigenvalue weighted by Gasteiger charge is -2.32. The van der Waals surface area contributed by atoms with E-state index in [1.165, 1.54) is 18.9 Å². The van der Waals surface area contributed by atoms with Gasteiger partial charge in [0.05, 0.1) is 0 Å². The molecule has 3 aliphatic rings. The molecule has 1 aliphatic heterocycles. The number of fused-ring (bicyclic) bond motifs is 1. The van der Waals surface area contributed by atoms with Gasteiger partial charge in [-0.3, -0.25) is 14.5 Å². The lowest BCUT2D eigenvalue weighted by atomic mass is 9.94. The summed E-state index contributed by atoms with van der Waals surface area (Å²) >= 11 is 0. The second-order valence-electron chi connectivity index (χ2n) is 11.3. The highest BCUT2D eigenvalue weighted by molar-refractivity contribution is 5.97. The van der Waals surface area contributed by atoms with Gasteiger partial charge < -0.3 is 15.2 Å². The average molecular weight is 503 g/mol. The van der Waals surface area contributed by atoms with Crippen molar-refractivity contribution in [3.8, 4) is 11.1 Å². The SMILES string of the molecule is Cc1c(F)cc(C(=O)NC2CC2)cc1-c1ccc2c(=O)n(CC3CC3)cc(CN3CCNC(C)C3)c2c1. The Morgan fingerprint density at radius 2 is 1.95 bits per heavy atom. The van der Waals surface area contributed by atoms with Gasteiger partial charge in [-0.15, -0.1) is 0 Å². The fourth-order valence-electron chi connectivity index (χ4n) is 5.48. The number of hydrogen-bond acceptors (Lipinski definition) is 4. The molecule has 0 spiro atoms. The lowest BCUT2D eigenvalue weighted by molar-refractivity contribution is 0.0950. The molecule has 1 saturated heterocycles. The molecule has 2 heterocycles. The van der Waals surface area contributed by atoms with Crippen molar-refractivity contribution in [1.82, 2.24) is 20.1 Å². The van der Waals surface area contributed by atoms with Crippen LogP contribution in [0.3, 0.4) is 0 Å². The molecule has 2 aromatic carbocycles. The third-order valence-corrected chi connectivity index (χ3v) is 8.00. The molecule has 1 atom stereocenters. The fourth-order valence-corrected chi connectivity index (χ4v) is 5.48. The van der Waals surface area contributed by atoms with E-state index in [0.717, 1.165) is 62.1 Å². The number of nitrogens with zero attached hydrogens (tertiary/aromatic N) is 2. The van der Waals surface area contributed by atoms with E-state index in [1.54, 1.807) is 13.0 Å². The van der Waals surface area contributed by atoms with Gasteiger partial charge in [0.15, 0.2) is 0 Å². The molecule has 1 aromatic heterocycles. The number of piperazine rings is 1. The predicted octanol–water partition coefficient (Wildman–Crippen LogP) is 4.21. The number of halogens is 1. The van der Waals surface area contributed by atoms with E-state index in [9.17, 15) is 14.0 Å². The highest BCUT2D eigenvalue weighted by Crippen LogP contribution is 2.33. The summed E-state index contributed by atoms with van der Waals surface area (Å²) in [4.78, 5) is 28.6. The standard InChI is InChI=1S/C30H35FN4O2/c1-18-14-34(10-9-32-18)16-23-17-35(15-20-3-4-20)30(37)25-8-5-21(11-27(23)25)26-12-22(13-28(31)19(26)2)29(36)33-24-6-7-24/h5,8,11-13,17-18,20,24,32H,3-4,6-7,9-10,14-16H2,1-2H3,(H,33,36). The molecule has 2 aliphatic carbocycles. The Morgan fingerprint density at radius 1 is 1.14 bits per heavy atom. The van der Waals surface area contributed by atoms with Crippen LogP contribution in [0.4, 0.5) is 4.39 Å². The monoisotopic (exact) mass is 502 g/mol. The van der Waals surface area contributed by atoms with Gasteiger partial charge in [-0.2, -0.15) is 0 Å². The van der Waals surface area contributed by atoms with Gasteiger partial charge in [-0.25, -0.2) is 4.39 Å². The molecule has 1 unspecified atom stereocenters. The normalized spacial score (nSPS) is 20.4. The van der Waals surface area contributed by atoms with Crippen molar-refractivity contribution in [2.75, 3.05) is 19.6 Å². The number of benzene rings is 2. The van der Waals surface area contributed by atoms with E-state index in [0.29, 0.717) is 34.0 Å². The molecule has 6 nitrogen and oxygen atoms in total. The number of rotatable bonds is 7. The highest BCUT2D eigenvalue weighted by atomic mass is 19.1. The predicted molar refractivity (Wildman–Crippen MR) is 144 cm³/mol. The maximum atomic E-state index is 15.0. The van der Waals surface area contributed by atoms with Crippen LogP contribution >= 0.6 is 0 Å². The van der Waals surface area contributed by atoms with E-state index in [4.69, 9.17) is 0 Å². The van der Waals surface area contributed by atoms with E-state index in [2.05, 4.69) is 22.5 Å². The molecule has 6 rings (SSSR count). The van der Waals surface area contributed by atoms with Gasteiger partial charge >= 0.3 is 0 Å². The second-order valence-corrected chi connectivity index (χ2v) is 11.3. The summed E-state index contributed by atoms with van der Waals surface area (Å²) in [5.74, 6) is -0.0371. The minimum Gasteiger partial charge on any atom is -0.349 e. The van der Waals surface area contributed by atoms with Gasteiger partial charge in [0, 0.05) is 62.0 Å². The molecule has 3 fully saturated rings. The lowest BCUT2D eigenvalue weighted by Crippen LogP contribution is -2.48. The quantitative estimate of drug-likeness (QED) is 0.508. The number of amides is 1. The first-order valence-corrected chi connectivity index (χ1v) is 13.6. The fraction of sp³-hybridized carbons (Fsp3) is 0.467. The third-order valence-electron chi connectivity index (χ3n) is 8.00.